The normalized spacial score (nSPS) is 12.1. The molecule has 1 amide bonds. The number of carbonyl (C=O) groups excluding carboxylic acids is 1. The quantitative estimate of drug-likeness (QED) is 0.873. The summed E-state index contributed by atoms with van der Waals surface area (Å²) in [5, 5.41) is 0. The molecule has 18 heavy (non-hydrogen) atoms. The van der Waals surface area contributed by atoms with Crippen molar-refractivity contribution < 1.29 is 4.79 Å². The molecule has 0 aromatic heterocycles. The highest BCUT2D eigenvalue weighted by Crippen LogP contribution is 2.30. The molecule has 1 unspecified atom stereocenters. The van der Waals surface area contributed by atoms with Crippen LogP contribution in [0.5, 0.6) is 0 Å². The zero-order chi connectivity index (χ0) is 13.0. The number of carbonyl (C=O) groups is 1. The van der Waals surface area contributed by atoms with Crippen molar-refractivity contribution in [2.45, 2.75) is 19.3 Å². The van der Waals surface area contributed by atoms with Gasteiger partial charge < -0.3 is 5.73 Å². The first-order valence-corrected chi connectivity index (χ1v) is 6.17. The Morgan fingerprint density at radius 3 is 2.28 bits per heavy atom. The summed E-state index contributed by atoms with van der Waals surface area (Å²) >= 11 is 0. The maximum absolute atomic E-state index is 11.5. The van der Waals surface area contributed by atoms with E-state index < -0.39 is 0 Å². The van der Waals surface area contributed by atoms with Gasteiger partial charge in [0.05, 0.1) is 5.92 Å². The van der Waals surface area contributed by atoms with Gasteiger partial charge in [0.2, 0.25) is 5.91 Å². The summed E-state index contributed by atoms with van der Waals surface area (Å²) in [4.78, 5) is 11.5. The van der Waals surface area contributed by atoms with Crippen molar-refractivity contribution >= 4 is 5.91 Å². The molecule has 1 atom stereocenters. The van der Waals surface area contributed by atoms with Crippen molar-refractivity contribution in [1.29, 1.82) is 0 Å². The van der Waals surface area contributed by atoms with Gasteiger partial charge in [-0.15, -0.1) is 0 Å². The van der Waals surface area contributed by atoms with Crippen molar-refractivity contribution in [2.75, 3.05) is 0 Å². The van der Waals surface area contributed by atoms with Crippen molar-refractivity contribution in [2.24, 2.45) is 5.73 Å². The van der Waals surface area contributed by atoms with Crippen LogP contribution in [0, 0.1) is 0 Å². The third kappa shape index (κ3) is 2.43. The molecule has 0 aliphatic heterocycles. The second kappa shape index (κ2) is 5.50. The summed E-state index contributed by atoms with van der Waals surface area (Å²) in [5.74, 6) is -0.484. The molecule has 0 aliphatic carbocycles. The fourth-order valence-corrected chi connectivity index (χ4v) is 2.26. The van der Waals surface area contributed by atoms with E-state index >= 15 is 0 Å². The van der Waals surface area contributed by atoms with Crippen molar-refractivity contribution in [3.05, 3.63) is 60.2 Å². The van der Waals surface area contributed by atoms with E-state index in [0.29, 0.717) is 0 Å². The van der Waals surface area contributed by atoms with Crippen LogP contribution in [0.1, 0.15) is 24.8 Å². The van der Waals surface area contributed by atoms with Crippen LogP contribution in [0.4, 0.5) is 0 Å². The predicted octanol–water partition coefficient (Wildman–Crippen LogP) is 3.33. The van der Waals surface area contributed by atoms with Crippen LogP contribution in [0.2, 0.25) is 0 Å². The summed E-state index contributed by atoms with van der Waals surface area (Å²) in [6.45, 7) is 1.98. The van der Waals surface area contributed by atoms with E-state index in [1.165, 1.54) is 0 Å². The summed E-state index contributed by atoms with van der Waals surface area (Å²) in [5.41, 5.74) is 8.71. The molecule has 0 aliphatic rings. The Morgan fingerprint density at radius 1 is 1.06 bits per heavy atom. The molecule has 92 valence electrons. The maximum Gasteiger partial charge on any atom is 0.224 e. The second-order valence-corrected chi connectivity index (χ2v) is 4.32. The molecule has 2 heteroatoms. The highest BCUT2D eigenvalue weighted by molar-refractivity contribution is 5.85. The summed E-state index contributed by atoms with van der Waals surface area (Å²) < 4.78 is 0. The van der Waals surface area contributed by atoms with Gasteiger partial charge in [-0.25, -0.2) is 0 Å². The number of benzene rings is 2. The van der Waals surface area contributed by atoms with E-state index in [1.807, 2.05) is 61.5 Å². The number of primary amides is 1. The maximum atomic E-state index is 11.5. The minimum absolute atomic E-state index is 0.221. The van der Waals surface area contributed by atoms with Crippen LogP contribution in [-0.2, 0) is 4.79 Å². The van der Waals surface area contributed by atoms with Crippen molar-refractivity contribution in [3.63, 3.8) is 0 Å². The van der Waals surface area contributed by atoms with Gasteiger partial charge in [0.15, 0.2) is 0 Å². The Bertz CT molecular complexity index is 534. The number of hydrogen-bond acceptors (Lipinski definition) is 1. The standard InChI is InChI=1S/C16H17NO/c1-2-13(16(17)18)15-11-7-6-10-14(15)12-8-4-3-5-9-12/h3-11,13H,2H2,1H3,(H2,17,18). The summed E-state index contributed by atoms with van der Waals surface area (Å²) in [7, 11) is 0. The first-order chi connectivity index (χ1) is 8.74. The lowest BCUT2D eigenvalue weighted by Crippen LogP contribution is -2.21. The van der Waals surface area contributed by atoms with E-state index in [-0.39, 0.29) is 11.8 Å². The fraction of sp³-hybridized carbons (Fsp3) is 0.188. The molecule has 0 bridgehead atoms. The molecular formula is C16H17NO. The smallest absolute Gasteiger partial charge is 0.224 e. The van der Waals surface area contributed by atoms with Crippen LogP contribution >= 0.6 is 0 Å². The average molecular weight is 239 g/mol. The predicted molar refractivity (Wildman–Crippen MR) is 74.1 cm³/mol. The molecule has 2 N–H and O–H groups in total. The van der Waals surface area contributed by atoms with Gasteiger partial charge >= 0.3 is 0 Å². The molecule has 0 heterocycles. The average Bonchev–Trinajstić information content (AvgIpc) is 2.41. The topological polar surface area (TPSA) is 43.1 Å². The van der Waals surface area contributed by atoms with Crippen LogP contribution < -0.4 is 5.73 Å². The minimum Gasteiger partial charge on any atom is -0.369 e. The molecule has 0 saturated carbocycles. The largest absolute Gasteiger partial charge is 0.369 e. The number of amides is 1. The summed E-state index contributed by atoms with van der Waals surface area (Å²) in [6, 6.07) is 18.0. The molecule has 0 radical (unpaired) electrons. The first-order valence-electron chi connectivity index (χ1n) is 6.17. The van der Waals surface area contributed by atoms with Gasteiger partial charge in [0.1, 0.15) is 0 Å². The highest BCUT2D eigenvalue weighted by Gasteiger charge is 2.18. The lowest BCUT2D eigenvalue weighted by Gasteiger charge is -2.16. The summed E-state index contributed by atoms with van der Waals surface area (Å²) in [6.07, 6.45) is 0.721. The monoisotopic (exact) mass is 239 g/mol. The molecule has 2 aromatic carbocycles. The number of rotatable bonds is 4. The zero-order valence-corrected chi connectivity index (χ0v) is 10.5. The van der Waals surface area contributed by atoms with Gasteiger partial charge in [-0.3, -0.25) is 4.79 Å². The lowest BCUT2D eigenvalue weighted by molar-refractivity contribution is -0.119. The second-order valence-electron chi connectivity index (χ2n) is 4.32. The Balaban J connectivity index is 2.53. The molecule has 2 nitrogen and oxygen atoms in total. The van der Waals surface area contributed by atoms with Gasteiger partial charge in [0, 0.05) is 0 Å². The molecular weight excluding hydrogens is 222 g/mol. The molecule has 0 saturated heterocycles. The van der Waals surface area contributed by atoms with E-state index in [2.05, 4.69) is 0 Å². The molecule has 2 rings (SSSR count). The van der Waals surface area contributed by atoms with E-state index in [0.717, 1.165) is 23.1 Å². The lowest BCUT2D eigenvalue weighted by atomic mass is 9.88. The van der Waals surface area contributed by atoms with Crippen molar-refractivity contribution in [3.8, 4) is 11.1 Å². The third-order valence-electron chi connectivity index (χ3n) is 3.17. The zero-order valence-electron chi connectivity index (χ0n) is 10.5. The van der Waals surface area contributed by atoms with E-state index in [4.69, 9.17) is 5.73 Å². The third-order valence-corrected chi connectivity index (χ3v) is 3.17. The van der Waals surface area contributed by atoms with Gasteiger partial charge in [-0.2, -0.15) is 0 Å². The Hall–Kier alpha value is -2.09. The van der Waals surface area contributed by atoms with E-state index in [9.17, 15) is 4.79 Å². The number of nitrogens with two attached hydrogens (primary N) is 1. The Labute approximate surface area is 107 Å². The minimum atomic E-state index is -0.263. The van der Waals surface area contributed by atoms with Crippen LogP contribution in [0.15, 0.2) is 54.6 Å². The van der Waals surface area contributed by atoms with Gasteiger partial charge in [-0.05, 0) is 23.1 Å². The molecule has 0 fully saturated rings. The SMILES string of the molecule is CCC(C(N)=O)c1ccccc1-c1ccccc1. The first kappa shape index (κ1) is 12.4. The Kier molecular flexibility index (Phi) is 3.78. The van der Waals surface area contributed by atoms with Gasteiger partial charge in [0.25, 0.3) is 0 Å². The van der Waals surface area contributed by atoms with Gasteiger partial charge in [-0.1, -0.05) is 61.5 Å². The fourth-order valence-electron chi connectivity index (χ4n) is 2.26. The molecule has 0 spiro atoms. The Morgan fingerprint density at radius 2 is 1.67 bits per heavy atom. The van der Waals surface area contributed by atoms with E-state index in [1.54, 1.807) is 0 Å². The van der Waals surface area contributed by atoms with Crippen molar-refractivity contribution in [1.82, 2.24) is 0 Å². The van der Waals surface area contributed by atoms with Crippen LogP contribution in [0.25, 0.3) is 11.1 Å². The molecule has 2 aromatic rings. The highest BCUT2D eigenvalue weighted by atomic mass is 16.1. The number of hydrogen-bond donors (Lipinski definition) is 1. The van der Waals surface area contributed by atoms with Crippen LogP contribution in [0.3, 0.4) is 0 Å². The van der Waals surface area contributed by atoms with Crippen LogP contribution in [-0.4, -0.2) is 5.91 Å².